The van der Waals surface area contributed by atoms with E-state index in [-0.39, 0.29) is 12.4 Å². The second kappa shape index (κ2) is 6.77. The van der Waals surface area contributed by atoms with Gasteiger partial charge in [0.2, 0.25) is 5.95 Å². The Morgan fingerprint density at radius 2 is 2.04 bits per heavy atom. The van der Waals surface area contributed by atoms with E-state index < -0.39 is 12.2 Å². The minimum absolute atomic E-state index is 0.289. The summed E-state index contributed by atoms with van der Waals surface area (Å²) in [4.78, 5) is 15.0. The number of nitrogens with two attached hydrogens (primary N) is 1. The molecule has 2 atom stereocenters. The largest absolute Gasteiger partial charge is 0.340 e. The second-order valence-electron chi connectivity index (χ2n) is 6.36. The van der Waals surface area contributed by atoms with Gasteiger partial charge in [-0.15, -0.1) is 0 Å². The van der Waals surface area contributed by atoms with Gasteiger partial charge in [-0.25, -0.2) is 23.7 Å². The average molecular weight is 379 g/mol. The van der Waals surface area contributed by atoms with Crippen LogP contribution < -0.4 is 10.6 Å². The molecule has 1 saturated heterocycles. The maximum absolute atomic E-state index is 13.8. The Hall–Kier alpha value is -2.32. The molecule has 3 heterocycles. The van der Waals surface area contributed by atoms with E-state index >= 15 is 0 Å². The predicted octanol–water partition coefficient (Wildman–Crippen LogP) is 2.54. The second-order valence-corrected chi connectivity index (χ2v) is 6.80. The zero-order chi connectivity index (χ0) is 18.3. The maximum Gasteiger partial charge on any atom is 0.207 e. The lowest BCUT2D eigenvalue weighted by Gasteiger charge is -2.34. The smallest absolute Gasteiger partial charge is 0.207 e. The highest BCUT2D eigenvalue weighted by atomic mass is 35.5. The van der Waals surface area contributed by atoms with Gasteiger partial charge >= 0.3 is 0 Å². The van der Waals surface area contributed by atoms with Crippen LogP contribution >= 0.6 is 11.6 Å². The van der Waals surface area contributed by atoms with Gasteiger partial charge in [0.05, 0.1) is 28.6 Å². The minimum atomic E-state index is -1.03. The normalized spacial score (nSPS) is 20.7. The highest BCUT2D eigenvalue weighted by Gasteiger charge is 2.29. The molecule has 136 valence electrons. The number of imidazole rings is 1. The molecule has 1 fully saturated rings. The molecule has 3 aromatic rings. The van der Waals surface area contributed by atoms with Gasteiger partial charge in [0.1, 0.15) is 17.8 Å². The number of benzene rings is 1. The number of alkyl halides is 1. The lowest BCUT2D eigenvalue weighted by molar-refractivity contribution is 0.243. The lowest BCUT2D eigenvalue weighted by Crippen LogP contribution is -2.50. The quantitative estimate of drug-likeness (QED) is 0.758. The summed E-state index contributed by atoms with van der Waals surface area (Å²) < 4.78 is 29.4. The van der Waals surface area contributed by atoms with Crippen molar-refractivity contribution in [2.24, 2.45) is 5.73 Å². The molecule has 0 spiro atoms. The van der Waals surface area contributed by atoms with Crippen LogP contribution in [0.3, 0.4) is 0 Å². The molecule has 1 aromatic carbocycles. The predicted molar refractivity (Wildman–Crippen MR) is 95.5 cm³/mol. The summed E-state index contributed by atoms with van der Waals surface area (Å²) in [5, 5.41) is 0.437. The monoisotopic (exact) mass is 378 g/mol. The Morgan fingerprint density at radius 3 is 2.77 bits per heavy atom. The number of nitrogens with zero attached hydrogens (tertiary/aromatic N) is 5. The molecular weight excluding hydrogens is 362 g/mol. The van der Waals surface area contributed by atoms with Crippen LogP contribution in [0.5, 0.6) is 0 Å². The van der Waals surface area contributed by atoms with Gasteiger partial charge in [-0.05, 0) is 24.6 Å². The number of hydrogen-bond donors (Lipinski definition) is 1. The molecule has 1 aliphatic heterocycles. The zero-order valence-corrected chi connectivity index (χ0v) is 14.6. The lowest BCUT2D eigenvalue weighted by atomic mass is 10.1. The SMILES string of the molecule is N[C@@H]1CN(c2nc3ccc(F)cc3n2Cc2ncc(Cl)cn2)CCC1F. The van der Waals surface area contributed by atoms with Crippen molar-refractivity contribution in [1.82, 2.24) is 19.5 Å². The average Bonchev–Trinajstić information content (AvgIpc) is 2.97. The number of anilines is 1. The van der Waals surface area contributed by atoms with Crippen LogP contribution in [-0.4, -0.2) is 44.8 Å². The fraction of sp³-hybridized carbons (Fsp3) is 0.353. The van der Waals surface area contributed by atoms with Gasteiger partial charge in [0.25, 0.3) is 0 Å². The van der Waals surface area contributed by atoms with E-state index in [0.29, 0.717) is 47.3 Å². The minimum Gasteiger partial charge on any atom is -0.340 e. The Kier molecular flexibility index (Phi) is 4.46. The first-order chi connectivity index (χ1) is 12.5. The molecule has 4 rings (SSSR count). The summed E-state index contributed by atoms with van der Waals surface area (Å²) in [7, 11) is 0. The summed E-state index contributed by atoms with van der Waals surface area (Å²) >= 11 is 5.84. The third-order valence-electron chi connectivity index (χ3n) is 4.52. The van der Waals surface area contributed by atoms with Crippen molar-refractivity contribution < 1.29 is 8.78 Å². The number of halogens is 3. The van der Waals surface area contributed by atoms with Crippen LogP contribution in [-0.2, 0) is 6.54 Å². The van der Waals surface area contributed by atoms with E-state index in [2.05, 4.69) is 15.0 Å². The zero-order valence-electron chi connectivity index (χ0n) is 13.8. The summed E-state index contributed by atoms with van der Waals surface area (Å²) in [6.07, 6.45) is 2.32. The summed E-state index contributed by atoms with van der Waals surface area (Å²) in [5.41, 5.74) is 7.16. The number of rotatable bonds is 3. The Labute approximate surface area is 153 Å². The molecule has 0 aliphatic carbocycles. The molecule has 2 N–H and O–H groups in total. The van der Waals surface area contributed by atoms with Crippen molar-refractivity contribution in [3.63, 3.8) is 0 Å². The number of fused-ring (bicyclic) bond motifs is 1. The fourth-order valence-electron chi connectivity index (χ4n) is 3.18. The summed E-state index contributed by atoms with van der Waals surface area (Å²) in [6, 6.07) is 3.82. The number of aromatic nitrogens is 4. The molecule has 2 aromatic heterocycles. The van der Waals surface area contributed by atoms with Crippen molar-refractivity contribution in [3.8, 4) is 0 Å². The fourth-order valence-corrected chi connectivity index (χ4v) is 3.28. The molecule has 0 saturated carbocycles. The van der Waals surface area contributed by atoms with Crippen molar-refractivity contribution in [1.29, 1.82) is 0 Å². The third kappa shape index (κ3) is 3.22. The first-order valence-corrected chi connectivity index (χ1v) is 8.66. The van der Waals surface area contributed by atoms with Crippen LogP contribution in [0.1, 0.15) is 12.2 Å². The van der Waals surface area contributed by atoms with E-state index in [9.17, 15) is 8.78 Å². The summed E-state index contributed by atoms with van der Waals surface area (Å²) in [5.74, 6) is 0.761. The van der Waals surface area contributed by atoms with Crippen molar-refractivity contribution in [2.75, 3.05) is 18.0 Å². The Balaban J connectivity index is 1.77. The van der Waals surface area contributed by atoms with Crippen LogP contribution in [0.4, 0.5) is 14.7 Å². The van der Waals surface area contributed by atoms with E-state index in [1.54, 1.807) is 6.07 Å². The van der Waals surface area contributed by atoms with Gasteiger partial charge in [-0.3, -0.25) is 0 Å². The van der Waals surface area contributed by atoms with Crippen molar-refractivity contribution in [3.05, 3.63) is 47.3 Å². The molecular formula is C17H17ClF2N6. The van der Waals surface area contributed by atoms with Crippen molar-refractivity contribution >= 4 is 28.6 Å². The Bertz CT molecular complexity index is 929. The molecule has 1 unspecified atom stereocenters. The van der Waals surface area contributed by atoms with E-state index in [4.69, 9.17) is 17.3 Å². The number of hydrogen-bond acceptors (Lipinski definition) is 5. The highest BCUT2D eigenvalue weighted by molar-refractivity contribution is 6.30. The van der Waals surface area contributed by atoms with E-state index in [0.717, 1.165) is 0 Å². The van der Waals surface area contributed by atoms with E-state index in [1.807, 2.05) is 9.47 Å². The van der Waals surface area contributed by atoms with Gasteiger partial charge in [0, 0.05) is 25.5 Å². The first kappa shape index (κ1) is 17.1. The Morgan fingerprint density at radius 1 is 1.27 bits per heavy atom. The van der Waals surface area contributed by atoms with Crippen LogP contribution in [0, 0.1) is 5.82 Å². The summed E-state index contributed by atoms with van der Waals surface area (Å²) in [6.45, 7) is 1.12. The van der Waals surface area contributed by atoms with Crippen LogP contribution in [0.25, 0.3) is 11.0 Å². The standard InChI is InChI=1S/C17H17ClF2N6/c18-10-6-22-16(23-7-10)9-26-15-5-11(19)1-2-14(15)24-17(26)25-4-3-12(20)13(21)8-25/h1-2,5-7,12-13H,3-4,8-9,21H2/t12?,13-/m1/s1. The first-order valence-electron chi connectivity index (χ1n) is 8.28. The molecule has 6 nitrogen and oxygen atoms in total. The third-order valence-corrected chi connectivity index (χ3v) is 4.71. The van der Waals surface area contributed by atoms with Gasteiger partial charge < -0.3 is 15.2 Å². The van der Waals surface area contributed by atoms with Crippen molar-refractivity contribution in [2.45, 2.75) is 25.2 Å². The van der Waals surface area contributed by atoms with E-state index in [1.165, 1.54) is 24.5 Å². The molecule has 1 aliphatic rings. The van der Waals surface area contributed by atoms with Gasteiger partial charge in [-0.1, -0.05) is 11.6 Å². The van der Waals surface area contributed by atoms with Crippen LogP contribution in [0.15, 0.2) is 30.6 Å². The molecule has 9 heteroatoms. The van der Waals surface area contributed by atoms with Crippen LogP contribution in [0.2, 0.25) is 5.02 Å². The number of piperidine rings is 1. The molecule has 26 heavy (non-hydrogen) atoms. The molecule has 0 amide bonds. The molecule has 0 radical (unpaired) electrons. The van der Waals surface area contributed by atoms with Gasteiger partial charge in [-0.2, -0.15) is 0 Å². The topological polar surface area (TPSA) is 72.9 Å². The van der Waals surface area contributed by atoms with Gasteiger partial charge in [0.15, 0.2) is 0 Å². The highest BCUT2D eigenvalue weighted by Crippen LogP contribution is 2.27. The maximum atomic E-state index is 13.8. The molecule has 0 bridgehead atoms.